The lowest BCUT2D eigenvalue weighted by Crippen LogP contribution is -2.20. The van der Waals surface area contributed by atoms with E-state index in [1.165, 1.54) is 12.1 Å². The van der Waals surface area contributed by atoms with E-state index in [-0.39, 0.29) is 28.6 Å². The number of hydrogen-bond acceptors (Lipinski definition) is 6. The number of fused-ring (bicyclic) bond motifs is 1. The molecular weight excluding hydrogens is 346 g/mol. The van der Waals surface area contributed by atoms with E-state index in [0.29, 0.717) is 5.69 Å². The largest absolute Gasteiger partial charge is 0.350 e. The number of sulfone groups is 1. The van der Waals surface area contributed by atoms with Crippen LogP contribution in [0.25, 0.3) is 0 Å². The molecule has 2 aromatic carbocycles. The first kappa shape index (κ1) is 16.9. The number of hydrogen-bond donors (Lipinski definition) is 1. The van der Waals surface area contributed by atoms with Crippen LogP contribution in [0.15, 0.2) is 41.3 Å². The predicted molar refractivity (Wildman–Crippen MR) is 93.0 cm³/mol. The van der Waals surface area contributed by atoms with Crippen molar-refractivity contribution in [2.45, 2.75) is 11.3 Å². The second kappa shape index (κ2) is 5.85. The van der Waals surface area contributed by atoms with Gasteiger partial charge in [-0.1, -0.05) is 0 Å². The first-order chi connectivity index (χ1) is 11.7. The monoisotopic (exact) mass is 361 g/mol. The highest BCUT2D eigenvalue weighted by molar-refractivity contribution is 7.90. The first-order valence-electron chi connectivity index (χ1n) is 7.32. The van der Waals surface area contributed by atoms with Crippen molar-refractivity contribution in [3.63, 3.8) is 0 Å². The molecule has 9 heteroatoms. The molecule has 1 aliphatic rings. The van der Waals surface area contributed by atoms with Crippen molar-refractivity contribution < 1.29 is 18.1 Å². The number of anilines is 3. The SMILES string of the molecule is CN1C(=O)Cc2cc(Nc3ccc(S(C)(=O)=O)cc3[N+](=O)[O-])ccc21. The highest BCUT2D eigenvalue weighted by Gasteiger charge is 2.24. The number of nitrogens with zero attached hydrogens (tertiary/aromatic N) is 2. The summed E-state index contributed by atoms with van der Waals surface area (Å²) in [7, 11) is -1.85. The molecule has 0 bridgehead atoms. The molecule has 0 spiro atoms. The van der Waals surface area contributed by atoms with Gasteiger partial charge in [-0.15, -0.1) is 0 Å². The van der Waals surface area contributed by atoms with Crippen molar-refractivity contribution in [2.24, 2.45) is 0 Å². The Kier molecular flexibility index (Phi) is 3.96. The van der Waals surface area contributed by atoms with E-state index in [0.717, 1.165) is 23.6 Å². The molecule has 1 aliphatic heterocycles. The average molecular weight is 361 g/mol. The molecule has 0 radical (unpaired) electrons. The summed E-state index contributed by atoms with van der Waals surface area (Å²) in [5.41, 5.74) is 2.05. The summed E-state index contributed by atoms with van der Waals surface area (Å²) in [6.07, 6.45) is 1.27. The molecule has 1 heterocycles. The molecule has 3 rings (SSSR count). The second-order valence-electron chi connectivity index (χ2n) is 5.81. The van der Waals surface area contributed by atoms with Crippen LogP contribution in [0.2, 0.25) is 0 Å². The summed E-state index contributed by atoms with van der Waals surface area (Å²) in [6, 6.07) is 8.93. The number of benzene rings is 2. The summed E-state index contributed by atoms with van der Waals surface area (Å²) >= 11 is 0. The van der Waals surface area contributed by atoms with Crippen LogP contribution in [0.5, 0.6) is 0 Å². The summed E-state index contributed by atoms with van der Waals surface area (Å²) in [5.74, 6) is -0.0179. The van der Waals surface area contributed by atoms with Gasteiger partial charge in [0.05, 0.1) is 16.2 Å². The van der Waals surface area contributed by atoms with Gasteiger partial charge in [-0.05, 0) is 35.9 Å². The lowest BCUT2D eigenvalue weighted by Gasteiger charge is -2.12. The highest BCUT2D eigenvalue weighted by Crippen LogP contribution is 2.34. The minimum absolute atomic E-state index is 0.0179. The Morgan fingerprint density at radius 2 is 1.92 bits per heavy atom. The summed E-state index contributed by atoms with van der Waals surface area (Å²) in [4.78, 5) is 23.8. The molecule has 8 nitrogen and oxygen atoms in total. The Morgan fingerprint density at radius 3 is 2.56 bits per heavy atom. The third-order valence-corrected chi connectivity index (χ3v) is 5.14. The zero-order chi connectivity index (χ0) is 18.4. The van der Waals surface area contributed by atoms with Crippen molar-refractivity contribution >= 4 is 38.5 Å². The van der Waals surface area contributed by atoms with Crippen molar-refractivity contribution in [1.29, 1.82) is 0 Å². The van der Waals surface area contributed by atoms with Gasteiger partial charge in [0.1, 0.15) is 5.69 Å². The van der Waals surface area contributed by atoms with Crippen molar-refractivity contribution in [2.75, 3.05) is 23.5 Å². The topological polar surface area (TPSA) is 110 Å². The quantitative estimate of drug-likeness (QED) is 0.661. The maximum Gasteiger partial charge on any atom is 0.293 e. The molecule has 1 amide bonds. The van der Waals surface area contributed by atoms with Crippen LogP contribution < -0.4 is 10.2 Å². The third kappa shape index (κ3) is 3.18. The van der Waals surface area contributed by atoms with Gasteiger partial charge < -0.3 is 10.2 Å². The molecule has 0 unspecified atom stereocenters. The van der Waals surface area contributed by atoms with E-state index in [4.69, 9.17) is 0 Å². The van der Waals surface area contributed by atoms with Crippen LogP contribution in [0.3, 0.4) is 0 Å². The summed E-state index contributed by atoms with van der Waals surface area (Å²) in [5, 5.41) is 14.2. The third-order valence-electron chi connectivity index (χ3n) is 4.03. The molecule has 0 aromatic heterocycles. The Labute approximate surface area is 144 Å². The zero-order valence-corrected chi connectivity index (χ0v) is 14.3. The number of likely N-dealkylation sites (N-methyl/N-ethyl adjacent to an activating group) is 1. The normalized spacial score (nSPS) is 13.7. The first-order valence-corrected chi connectivity index (χ1v) is 9.21. The van der Waals surface area contributed by atoms with Crippen LogP contribution in [0, 0.1) is 10.1 Å². The van der Waals surface area contributed by atoms with Crippen LogP contribution >= 0.6 is 0 Å². The van der Waals surface area contributed by atoms with Gasteiger partial charge in [0.2, 0.25) is 5.91 Å². The van der Waals surface area contributed by atoms with Gasteiger partial charge in [-0.25, -0.2) is 8.42 Å². The minimum atomic E-state index is -3.54. The second-order valence-corrected chi connectivity index (χ2v) is 7.82. The highest BCUT2D eigenvalue weighted by atomic mass is 32.2. The van der Waals surface area contributed by atoms with Gasteiger partial charge in [0.25, 0.3) is 5.69 Å². The molecule has 0 fully saturated rings. The van der Waals surface area contributed by atoms with E-state index in [2.05, 4.69) is 5.32 Å². The van der Waals surface area contributed by atoms with E-state index < -0.39 is 14.8 Å². The van der Waals surface area contributed by atoms with Crippen LogP contribution in [0.1, 0.15) is 5.56 Å². The molecule has 25 heavy (non-hydrogen) atoms. The Hall–Kier alpha value is -2.94. The van der Waals surface area contributed by atoms with E-state index in [1.807, 2.05) is 0 Å². The van der Waals surface area contributed by atoms with Crippen LogP contribution in [0.4, 0.5) is 22.7 Å². The lowest BCUT2D eigenvalue weighted by atomic mass is 10.1. The number of nitro groups is 1. The molecule has 1 N–H and O–H groups in total. The minimum Gasteiger partial charge on any atom is -0.350 e. The van der Waals surface area contributed by atoms with Gasteiger partial charge in [0, 0.05) is 30.7 Å². The lowest BCUT2D eigenvalue weighted by molar-refractivity contribution is -0.384. The maximum absolute atomic E-state index is 11.7. The molecule has 130 valence electrons. The van der Waals surface area contributed by atoms with Crippen molar-refractivity contribution in [3.8, 4) is 0 Å². The van der Waals surface area contributed by atoms with Gasteiger partial charge in [0.15, 0.2) is 9.84 Å². The average Bonchev–Trinajstić information content (AvgIpc) is 2.80. The molecule has 0 saturated heterocycles. The fraction of sp³-hybridized carbons (Fsp3) is 0.188. The van der Waals surface area contributed by atoms with Crippen LogP contribution in [-0.4, -0.2) is 32.6 Å². The molecule has 0 atom stereocenters. The van der Waals surface area contributed by atoms with E-state index in [1.54, 1.807) is 30.1 Å². The fourth-order valence-corrected chi connectivity index (χ4v) is 3.34. The fourth-order valence-electron chi connectivity index (χ4n) is 2.70. The number of carbonyl (C=O) groups is 1. The predicted octanol–water partition coefficient (Wildman–Crippen LogP) is 2.26. The number of nitro benzene ring substituents is 1. The number of nitrogens with one attached hydrogen (secondary N) is 1. The number of amides is 1. The Bertz CT molecular complexity index is 1000. The van der Waals surface area contributed by atoms with Crippen molar-refractivity contribution in [3.05, 3.63) is 52.1 Å². The number of carbonyl (C=O) groups excluding carboxylic acids is 1. The smallest absolute Gasteiger partial charge is 0.293 e. The maximum atomic E-state index is 11.7. The number of rotatable bonds is 4. The zero-order valence-electron chi connectivity index (χ0n) is 13.5. The molecular formula is C16H15N3O5S. The van der Waals surface area contributed by atoms with Crippen LogP contribution in [-0.2, 0) is 21.1 Å². The Morgan fingerprint density at radius 1 is 1.20 bits per heavy atom. The van der Waals surface area contributed by atoms with E-state index in [9.17, 15) is 23.3 Å². The van der Waals surface area contributed by atoms with Gasteiger partial charge >= 0.3 is 0 Å². The Balaban J connectivity index is 1.98. The standard InChI is InChI=1S/C16H15N3O5S/c1-18-14-6-3-11(7-10(14)8-16(18)20)17-13-5-4-12(25(2,23)24)9-15(13)19(21)22/h3-7,9,17H,8H2,1-2H3. The summed E-state index contributed by atoms with van der Waals surface area (Å²) in [6.45, 7) is 0. The summed E-state index contributed by atoms with van der Waals surface area (Å²) < 4.78 is 23.2. The van der Waals surface area contributed by atoms with Crippen molar-refractivity contribution in [1.82, 2.24) is 0 Å². The van der Waals surface area contributed by atoms with Gasteiger partial charge in [-0.2, -0.15) is 0 Å². The molecule has 2 aromatic rings. The molecule has 0 saturated carbocycles. The van der Waals surface area contributed by atoms with Gasteiger partial charge in [-0.3, -0.25) is 14.9 Å². The molecule has 0 aliphatic carbocycles. The van der Waals surface area contributed by atoms with E-state index >= 15 is 0 Å².